The number of hydrogen-bond acceptors (Lipinski definition) is 20. The van der Waals surface area contributed by atoms with Gasteiger partial charge in [-0.15, -0.1) is 0 Å². The van der Waals surface area contributed by atoms with Crippen molar-refractivity contribution in [3.63, 3.8) is 0 Å². The molecule has 0 saturated heterocycles. The topological polar surface area (TPSA) is 355 Å². The Kier molecular flexibility index (Phi) is 27.5. The normalized spacial score (nSPS) is 24.7. The summed E-state index contributed by atoms with van der Waals surface area (Å²) in [4.78, 5) is 113. The predicted molar refractivity (Wildman–Crippen MR) is 309 cm³/mol. The third kappa shape index (κ3) is 27.3. The van der Waals surface area contributed by atoms with Crippen LogP contribution < -0.4 is 36.6 Å². The minimum atomic E-state index is -6.27. The fourth-order valence-corrected chi connectivity index (χ4v) is 13.1. The van der Waals surface area contributed by atoms with Crippen LogP contribution in [-0.2, 0) is 67.0 Å². The summed E-state index contributed by atoms with van der Waals surface area (Å²) in [5.41, 5.74) is -11.1. The van der Waals surface area contributed by atoms with Crippen molar-refractivity contribution < 1.29 is 107 Å². The van der Waals surface area contributed by atoms with Crippen LogP contribution in [0, 0.1) is 37.9 Å². The molecule has 3 saturated carbocycles. The summed E-state index contributed by atoms with van der Waals surface area (Å²) in [5, 5.41) is 16.4. The molecule has 502 valence electrons. The van der Waals surface area contributed by atoms with Crippen molar-refractivity contribution in [2.75, 3.05) is 79.1 Å². The standard InChI is InChI=1S/C57H92F3N7O20S/c1-14-41(68)80-18-20-83-45(72)62-33-54(11)26-39(23-51(6,7)30-54)65-48(75)86-36-56(13,43(70)67-88(77,78)57(58,59)60)35-85-46(73)63-34-55(12)27-40(24-52(8,9)31-55)66-49(76)87-37(3)28-79-16-17-82-44(71)61-32-53(10)25-38(22-50(4,5)29-53)64-47(74)84-21-19-81-42(69)15-2/h14-15,37-40H,1-2,16-36H2,3-13H3,(H,61,71)(H,62,72)(H,63,73)(H,64,74)(H,65,75)(H,66,76)(H,67,70). The number of esters is 2. The molecular formula is C57H92F3N7O20S. The highest BCUT2D eigenvalue weighted by Crippen LogP contribution is 2.48. The highest BCUT2D eigenvalue weighted by Gasteiger charge is 2.51. The van der Waals surface area contributed by atoms with Gasteiger partial charge in [-0.2, -0.15) is 21.6 Å². The lowest BCUT2D eigenvalue weighted by Crippen LogP contribution is -2.53. The lowest BCUT2D eigenvalue weighted by Gasteiger charge is -2.46. The Hall–Kier alpha value is -6.79. The van der Waals surface area contributed by atoms with E-state index in [1.807, 2.05) is 48.5 Å². The Balaban J connectivity index is 1.49. The van der Waals surface area contributed by atoms with Crippen LogP contribution in [0.2, 0.25) is 0 Å². The van der Waals surface area contributed by atoms with Gasteiger partial charge >= 0.3 is 64.0 Å². The SMILES string of the molecule is C=CC(=O)OCCOC(=O)NCC1(C)CC(NC(=O)OCC(C)(COC(=O)NCC2(C)CC(NC(=O)OC(C)COCCOC(=O)NCC3(C)CC(NC(=O)OCCOC(=O)C=C)CC(C)(C)C3)CC(C)(C)C2)C(=O)NS(=O)(=O)C(F)(F)F)CC(C)(C)C1. The van der Waals surface area contributed by atoms with E-state index in [0.717, 1.165) is 30.2 Å². The molecule has 0 spiro atoms. The van der Waals surface area contributed by atoms with E-state index >= 15 is 0 Å². The minimum Gasteiger partial charge on any atom is -0.459 e. The summed E-state index contributed by atoms with van der Waals surface area (Å²) in [6.45, 7) is 24.1. The molecule has 31 heteroatoms. The smallest absolute Gasteiger partial charge is 0.459 e. The van der Waals surface area contributed by atoms with E-state index in [4.69, 9.17) is 42.6 Å². The number of halogens is 3. The molecule has 7 N–H and O–H groups in total. The van der Waals surface area contributed by atoms with E-state index in [-0.39, 0.29) is 83.8 Å². The highest BCUT2D eigenvalue weighted by atomic mass is 32.2. The van der Waals surface area contributed by atoms with Crippen molar-refractivity contribution >= 4 is 64.4 Å². The number of sulfonamides is 1. The van der Waals surface area contributed by atoms with Crippen molar-refractivity contribution in [2.45, 2.75) is 164 Å². The second-order valence-electron chi connectivity index (χ2n) is 26.8. The van der Waals surface area contributed by atoms with E-state index in [1.165, 1.54) is 0 Å². The molecule has 3 fully saturated rings. The van der Waals surface area contributed by atoms with Crippen LogP contribution in [0.25, 0.3) is 0 Å². The molecule has 0 aromatic heterocycles. The maximum Gasteiger partial charge on any atom is 0.516 e. The number of alkyl halides is 3. The molecule has 7 amide bonds. The Labute approximate surface area is 512 Å². The number of rotatable bonds is 29. The average molecular weight is 1280 g/mol. The largest absolute Gasteiger partial charge is 0.516 e. The highest BCUT2D eigenvalue weighted by molar-refractivity contribution is 7.90. The molecule has 8 atom stereocenters. The van der Waals surface area contributed by atoms with Crippen molar-refractivity contribution in [1.82, 2.24) is 36.6 Å². The van der Waals surface area contributed by atoms with Crippen LogP contribution in [0.1, 0.15) is 134 Å². The molecule has 88 heavy (non-hydrogen) atoms. The number of amides is 7. The Morgan fingerprint density at radius 1 is 0.511 bits per heavy atom. The van der Waals surface area contributed by atoms with E-state index in [2.05, 4.69) is 58.9 Å². The zero-order valence-corrected chi connectivity index (χ0v) is 53.3. The first kappa shape index (κ1) is 75.5. The van der Waals surface area contributed by atoms with E-state index in [9.17, 15) is 64.7 Å². The zero-order chi connectivity index (χ0) is 66.6. The van der Waals surface area contributed by atoms with Crippen LogP contribution >= 0.6 is 0 Å². The summed E-state index contributed by atoms with van der Waals surface area (Å²) >= 11 is 0. The maximum absolute atomic E-state index is 13.4. The van der Waals surface area contributed by atoms with Gasteiger partial charge in [-0.25, -0.2) is 43.1 Å². The summed E-state index contributed by atoms with van der Waals surface area (Å²) in [7, 11) is -6.27. The fourth-order valence-electron chi connectivity index (χ4n) is 12.5. The van der Waals surface area contributed by atoms with Crippen LogP contribution in [0.3, 0.4) is 0 Å². The Bertz CT molecular complexity index is 2590. The number of hydrogen-bond donors (Lipinski definition) is 7. The molecule has 3 aliphatic rings. The van der Waals surface area contributed by atoms with Gasteiger partial charge in [0, 0.05) is 49.9 Å². The number of carbonyl (C=O) groups excluding carboxylic acids is 9. The van der Waals surface area contributed by atoms with Gasteiger partial charge in [0.1, 0.15) is 57.8 Å². The molecule has 0 aromatic carbocycles. The second kappa shape index (κ2) is 32.1. The predicted octanol–water partition coefficient (Wildman–Crippen LogP) is 6.93. The molecule has 3 aliphatic carbocycles. The average Bonchev–Trinajstić information content (AvgIpc) is 1.61. The molecule has 3 rings (SSSR count). The van der Waals surface area contributed by atoms with Crippen molar-refractivity contribution in [3.05, 3.63) is 25.3 Å². The second-order valence-corrected chi connectivity index (χ2v) is 28.5. The summed E-state index contributed by atoms with van der Waals surface area (Å²) < 4.78 is 112. The first-order valence-corrected chi connectivity index (χ1v) is 30.4. The lowest BCUT2D eigenvalue weighted by molar-refractivity contribution is -0.139. The Morgan fingerprint density at radius 3 is 1.23 bits per heavy atom. The van der Waals surface area contributed by atoms with Crippen LogP contribution in [0.4, 0.5) is 41.9 Å². The van der Waals surface area contributed by atoms with Gasteiger partial charge in [0.15, 0.2) is 0 Å². The van der Waals surface area contributed by atoms with Gasteiger partial charge in [-0.05, 0) is 104 Å². The third-order valence-corrected chi connectivity index (χ3v) is 16.0. The van der Waals surface area contributed by atoms with Crippen molar-refractivity contribution in [3.8, 4) is 0 Å². The van der Waals surface area contributed by atoms with Gasteiger partial charge in [-0.3, -0.25) is 4.79 Å². The minimum absolute atomic E-state index is 0.0133. The quantitative estimate of drug-likeness (QED) is 0.0173. The third-order valence-electron chi connectivity index (χ3n) is 15.0. The van der Waals surface area contributed by atoms with Gasteiger partial charge in [0.05, 0.1) is 13.2 Å². The molecule has 0 radical (unpaired) electrons. The van der Waals surface area contributed by atoms with Crippen molar-refractivity contribution in [2.24, 2.45) is 37.9 Å². The van der Waals surface area contributed by atoms with Crippen molar-refractivity contribution in [1.29, 1.82) is 0 Å². The van der Waals surface area contributed by atoms with E-state index in [1.54, 1.807) is 6.92 Å². The summed E-state index contributed by atoms with van der Waals surface area (Å²) in [6, 6.07) is -1.31. The van der Waals surface area contributed by atoms with Gasteiger partial charge in [-0.1, -0.05) is 75.5 Å². The van der Waals surface area contributed by atoms with Crippen LogP contribution in [-0.4, -0.2) is 172 Å². The molecular weight excluding hydrogens is 1190 g/mol. The van der Waals surface area contributed by atoms with Gasteiger partial charge in [0.2, 0.25) is 5.91 Å². The number of ether oxygens (including phenoxy) is 9. The molecule has 0 heterocycles. The molecule has 0 bridgehead atoms. The zero-order valence-electron chi connectivity index (χ0n) is 52.4. The maximum atomic E-state index is 13.4. The lowest BCUT2D eigenvalue weighted by atomic mass is 9.62. The Morgan fingerprint density at radius 2 is 0.841 bits per heavy atom. The fraction of sp³-hybridized carbons (Fsp3) is 0.772. The first-order valence-electron chi connectivity index (χ1n) is 28.9. The molecule has 27 nitrogen and oxygen atoms in total. The van der Waals surface area contributed by atoms with Crippen LogP contribution in [0.5, 0.6) is 0 Å². The van der Waals surface area contributed by atoms with E-state index in [0.29, 0.717) is 44.9 Å². The van der Waals surface area contributed by atoms with Gasteiger partial charge in [0.25, 0.3) is 0 Å². The molecule has 0 aliphatic heterocycles. The number of alkyl carbamates (subject to hydrolysis) is 6. The van der Waals surface area contributed by atoms with Gasteiger partial charge < -0.3 is 74.5 Å². The van der Waals surface area contributed by atoms with E-state index < -0.39 is 134 Å². The summed E-state index contributed by atoms with van der Waals surface area (Å²) in [5.74, 6) is -3.11. The number of nitrogens with one attached hydrogen (secondary N) is 7. The van der Waals surface area contributed by atoms with Crippen LogP contribution in [0.15, 0.2) is 25.3 Å². The number of carbonyl (C=O) groups is 9. The molecule has 0 aromatic rings. The monoisotopic (exact) mass is 1280 g/mol. The molecule has 8 unspecified atom stereocenters. The summed E-state index contributed by atoms with van der Waals surface area (Å²) in [6.07, 6.45) is 0.696. The first-order chi connectivity index (χ1) is 40.5.